The number of aryl methyl sites for hydroxylation is 1. The van der Waals surface area contributed by atoms with E-state index in [0.717, 1.165) is 31.6 Å². The smallest absolute Gasteiger partial charge is 0.306 e. The quantitative estimate of drug-likeness (QED) is 0.776. The molecule has 6 heteroatoms. The summed E-state index contributed by atoms with van der Waals surface area (Å²) in [6.07, 6.45) is 4.36. The SMILES string of the molecule is Cn1ncnc1CNCC1CCCC1C(=O)O. The number of nitrogens with zero attached hydrogens (tertiary/aromatic N) is 3. The fourth-order valence-corrected chi connectivity index (χ4v) is 2.46. The van der Waals surface area contributed by atoms with Crippen LogP contribution in [0, 0.1) is 11.8 Å². The number of hydrogen-bond donors (Lipinski definition) is 2. The lowest BCUT2D eigenvalue weighted by Gasteiger charge is -2.15. The molecule has 0 amide bonds. The minimum absolute atomic E-state index is 0.179. The highest BCUT2D eigenvalue weighted by atomic mass is 16.4. The minimum Gasteiger partial charge on any atom is -0.481 e. The Bertz CT molecular complexity index is 391. The average molecular weight is 238 g/mol. The van der Waals surface area contributed by atoms with E-state index < -0.39 is 5.97 Å². The number of hydrogen-bond acceptors (Lipinski definition) is 4. The van der Waals surface area contributed by atoms with E-state index in [-0.39, 0.29) is 11.8 Å². The van der Waals surface area contributed by atoms with Crippen molar-refractivity contribution in [3.05, 3.63) is 12.2 Å². The van der Waals surface area contributed by atoms with Gasteiger partial charge in [0.25, 0.3) is 0 Å². The lowest BCUT2D eigenvalue weighted by molar-refractivity contribution is -0.142. The topological polar surface area (TPSA) is 80.0 Å². The lowest BCUT2D eigenvalue weighted by atomic mass is 9.96. The third-order valence-electron chi connectivity index (χ3n) is 3.47. The van der Waals surface area contributed by atoms with E-state index in [4.69, 9.17) is 5.11 Å². The second-order valence-electron chi connectivity index (χ2n) is 4.57. The van der Waals surface area contributed by atoms with Gasteiger partial charge in [-0.1, -0.05) is 6.42 Å². The number of carbonyl (C=O) groups is 1. The van der Waals surface area contributed by atoms with Gasteiger partial charge in [-0.25, -0.2) is 4.98 Å². The first-order chi connectivity index (χ1) is 8.18. The number of aliphatic carboxylic acids is 1. The molecule has 1 fully saturated rings. The van der Waals surface area contributed by atoms with Gasteiger partial charge in [0.05, 0.1) is 12.5 Å². The minimum atomic E-state index is -0.659. The number of rotatable bonds is 5. The first-order valence-corrected chi connectivity index (χ1v) is 5.95. The molecule has 1 aliphatic rings. The van der Waals surface area contributed by atoms with Crippen molar-refractivity contribution in [2.45, 2.75) is 25.8 Å². The zero-order valence-corrected chi connectivity index (χ0v) is 9.96. The van der Waals surface area contributed by atoms with Crippen LogP contribution >= 0.6 is 0 Å². The Hall–Kier alpha value is -1.43. The molecule has 0 saturated heterocycles. The Balaban J connectivity index is 1.79. The van der Waals surface area contributed by atoms with Crippen LogP contribution in [0.25, 0.3) is 0 Å². The number of aromatic nitrogens is 3. The maximum atomic E-state index is 11.0. The second-order valence-corrected chi connectivity index (χ2v) is 4.57. The average Bonchev–Trinajstić information content (AvgIpc) is 2.88. The van der Waals surface area contributed by atoms with Crippen molar-refractivity contribution in [3.63, 3.8) is 0 Å². The highest BCUT2D eigenvalue weighted by molar-refractivity contribution is 5.70. The predicted octanol–water partition coefficient (Wildman–Crippen LogP) is 0.406. The van der Waals surface area contributed by atoms with E-state index in [1.54, 1.807) is 4.68 Å². The Kier molecular flexibility index (Phi) is 3.73. The van der Waals surface area contributed by atoms with Crippen LogP contribution in [-0.2, 0) is 18.4 Å². The molecule has 2 atom stereocenters. The zero-order valence-electron chi connectivity index (χ0n) is 9.96. The number of carboxylic acid groups (broad SMARTS) is 1. The molecular weight excluding hydrogens is 220 g/mol. The summed E-state index contributed by atoms with van der Waals surface area (Å²) in [5, 5.41) is 16.3. The third-order valence-corrected chi connectivity index (χ3v) is 3.47. The molecule has 0 aromatic carbocycles. The molecule has 2 N–H and O–H groups in total. The van der Waals surface area contributed by atoms with Crippen LogP contribution in [0.1, 0.15) is 25.1 Å². The van der Waals surface area contributed by atoms with Crippen LogP contribution in [-0.4, -0.2) is 32.4 Å². The van der Waals surface area contributed by atoms with Crippen molar-refractivity contribution < 1.29 is 9.90 Å². The second kappa shape index (κ2) is 5.27. The molecule has 1 aromatic rings. The van der Waals surface area contributed by atoms with E-state index in [1.165, 1.54) is 6.33 Å². The van der Waals surface area contributed by atoms with E-state index in [0.29, 0.717) is 6.54 Å². The van der Waals surface area contributed by atoms with Crippen molar-refractivity contribution in [1.29, 1.82) is 0 Å². The summed E-state index contributed by atoms with van der Waals surface area (Å²) in [5.74, 6) is 0.283. The molecule has 0 spiro atoms. The summed E-state index contributed by atoms with van der Waals surface area (Å²) in [4.78, 5) is 15.1. The van der Waals surface area contributed by atoms with Crippen molar-refractivity contribution >= 4 is 5.97 Å². The standard InChI is InChI=1S/C11H18N4O2/c1-15-10(13-7-14-15)6-12-5-8-3-2-4-9(8)11(16)17/h7-9,12H,2-6H2,1H3,(H,16,17). The molecule has 17 heavy (non-hydrogen) atoms. The predicted molar refractivity (Wildman–Crippen MR) is 61.2 cm³/mol. The van der Waals surface area contributed by atoms with Crippen molar-refractivity contribution in [2.75, 3.05) is 6.54 Å². The van der Waals surface area contributed by atoms with Crippen LogP contribution in [0.3, 0.4) is 0 Å². The highest BCUT2D eigenvalue weighted by Gasteiger charge is 2.32. The van der Waals surface area contributed by atoms with Crippen molar-refractivity contribution in [1.82, 2.24) is 20.1 Å². The molecule has 0 aliphatic heterocycles. The molecule has 2 unspecified atom stereocenters. The maximum absolute atomic E-state index is 11.0. The van der Waals surface area contributed by atoms with Crippen LogP contribution < -0.4 is 5.32 Å². The molecule has 1 saturated carbocycles. The molecule has 2 rings (SSSR count). The molecule has 94 valence electrons. The van der Waals surface area contributed by atoms with Gasteiger partial charge in [0.1, 0.15) is 12.2 Å². The third kappa shape index (κ3) is 2.82. The van der Waals surface area contributed by atoms with Crippen molar-refractivity contribution in [2.24, 2.45) is 18.9 Å². The fourth-order valence-electron chi connectivity index (χ4n) is 2.46. The Morgan fingerprint density at radius 3 is 3.12 bits per heavy atom. The monoisotopic (exact) mass is 238 g/mol. The normalized spacial score (nSPS) is 24.1. The van der Waals surface area contributed by atoms with Crippen molar-refractivity contribution in [3.8, 4) is 0 Å². The van der Waals surface area contributed by atoms with Gasteiger partial charge in [0, 0.05) is 7.05 Å². The van der Waals surface area contributed by atoms with Crippen LogP contribution in [0.4, 0.5) is 0 Å². The van der Waals surface area contributed by atoms with Gasteiger partial charge in [-0.15, -0.1) is 0 Å². The van der Waals surface area contributed by atoms with Gasteiger partial charge in [0.15, 0.2) is 0 Å². The van der Waals surface area contributed by atoms with Gasteiger partial charge >= 0.3 is 5.97 Å². The van der Waals surface area contributed by atoms with E-state index in [2.05, 4.69) is 15.4 Å². The highest BCUT2D eigenvalue weighted by Crippen LogP contribution is 2.31. The van der Waals surface area contributed by atoms with Crippen LogP contribution in [0.15, 0.2) is 6.33 Å². The Labute approximate surface area is 100 Å². The van der Waals surface area contributed by atoms with E-state index in [9.17, 15) is 4.79 Å². The molecule has 1 aromatic heterocycles. The number of nitrogens with one attached hydrogen (secondary N) is 1. The molecule has 1 heterocycles. The van der Waals surface area contributed by atoms with Gasteiger partial charge in [-0.2, -0.15) is 5.10 Å². The molecule has 1 aliphatic carbocycles. The lowest BCUT2D eigenvalue weighted by Crippen LogP contribution is -2.29. The first kappa shape index (κ1) is 12.0. The summed E-state index contributed by atoms with van der Waals surface area (Å²) in [6.45, 7) is 1.38. The van der Waals surface area contributed by atoms with Gasteiger partial charge < -0.3 is 10.4 Å². The fraction of sp³-hybridized carbons (Fsp3) is 0.727. The van der Waals surface area contributed by atoms with E-state index in [1.807, 2.05) is 7.05 Å². The molecule has 0 bridgehead atoms. The van der Waals surface area contributed by atoms with Gasteiger partial charge in [-0.3, -0.25) is 9.48 Å². The van der Waals surface area contributed by atoms with Gasteiger partial charge in [-0.05, 0) is 25.3 Å². The first-order valence-electron chi connectivity index (χ1n) is 5.95. The zero-order chi connectivity index (χ0) is 12.3. The van der Waals surface area contributed by atoms with Crippen LogP contribution in [0.2, 0.25) is 0 Å². The summed E-state index contributed by atoms with van der Waals surface area (Å²) >= 11 is 0. The molecular formula is C11H18N4O2. The Morgan fingerprint density at radius 1 is 1.65 bits per heavy atom. The van der Waals surface area contributed by atoms with Crippen LogP contribution in [0.5, 0.6) is 0 Å². The summed E-state index contributed by atoms with van der Waals surface area (Å²) in [7, 11) is 1.85. The maximum Gasteiger partial charge on any atom is 0.306 e. The molecule has 0 radical (unpaired) electrons. The Morgan fingerprint density at radius 2 is 2.47 bits per heavy atom. The summed E-state index contributed by atoms with van der Waals surface area (Å²) in [6, 6.07) is 0. The summed E-state index contributed by atoms with van der Waals surface area (Å²) < 4.78 is 1.72. The van der Waals surface area contributed by atoms with Gasteiger partial charge in [0.2, 0.25) is 0 Å². The number of carboxylic acids is 1. The van der Waals surface area contributed by atoms with E-state index >= 15 is 0 Å². The summed E-state index contributed by atoms with van der Waals surface area (Å²) in [5.41, 5.74) is 0. The largest absolute Gasteiger partial charge is 0.481 e. The molecule has 6 nitrogen and oxygen atoms in total.